The first-order valence-electron chi connectivity index (χ1n) is 6.22. The molecule has 0 aliphatic carbocycles. The standard InChI is InChI=1S/C13H16N2O5S/c1-7-11(13(16)17)14-9(3)12(7)21(18,19)15-8(2)10-5-4-6-20-10/h4-6,8,14-15H,1-3H3,(H,16,17)/t8-/m1/s1. The second kappa shape index (κ2) is 5.38. The van der Waals surface area contributed by atoms with Gasteiger partial charge in [-0.15, -0.1) is 0 Å². The van der Waals surface area contributed by atoms with Gasteiger partial charge in [-0.3, -0.25) is 0 Å². The fourth-order valence-corrected chi connectivity index (χ4v) is 3.90. The molecule has 0 aliphatic rings. The molecule has 0 aromatic carbocycles. The third-order valence-electron chi connectivity index (χ3n) is 3.15. The molecule has 1 atom stereocenters. The first-order chi connectivity index (χ1) is 9.74. The number of carboxylic acids is 1. The van der Waals surface area contributed by atoms with Gasteiger partial charge in [0.05, 0.1) is 12.3 Å². The van der Waals surface area contributed by atoms with E-state index in [1.54, 1.807) is 19.1 Å². The lowest BCUT2D eigenvalue weighted by Crippen LogP contribution is -2.27. The summed E-state index contributed by atoms with van der Waals surface area (Å²) in [6.07, 6.45) is 1.45. The van der Waals surface area contributed by atoms with Crippen molar-refractivity contribution in [1.82, 2.24) is 9.71 Å². The molecule has 0 bridgehead atoms. The van der Waals surface area contributed by atoms with Crippen molar-refractivity contribution in [2.24, 2.45) is 0 Å². The number of nitrogens with one attached hydrogen (secondary N) is 2. The van der Waals surface area contributed by atoms with Crippen LogP contribution in [0.3, 0.4) is 0 Å². The Kier molecular flexibility index (Phi) is 3.93. The first kappa shape index (κ1) is 15.3. The van der Waals surface area contributed by atoms with E-state index in [0.717, 1.165) is 0 Å². The molecule has 2 heterocycles. The lowest BCUT2D eigenvalue weighted by molar-refractivity contribution is 0.0690. The molecular weight excluding hydrogens is 296 g/mol. The van der Waals surface area contributed by atoms with Gasteiger partial charge in [0.2, 0.25) is 10.0 Å². The molecule has 2 rings (SSSR count). The third-order valence-corrected chi connectivity index (χ3v) is 4.97. The zero-order chi connectivity index (χ0) is 15.8. The van der Waals surface area contributed by atoms with Crippen molar-refractivity contribution in [1.29, 1.82) is 0 Å². The number of H-pyrrole nitrogens is 1. The van der Waals surface area contributed by atoms with Crippen LogP contribution in [0, 0.1) is 13.8 Å². The second-order valence-electron chi connectivity index (χ2n) is 4.74. The van der Waals surface area contributed by atoms with Crippen LogP contribution in [0.25, 0.3) is 0 Å². The topological polar surface area (TPSA) is 112 Å². The normalized spacial score (nSPS) is 13.3. The third kappa shape index (κ3) is 2.86. The summed E-state index contributed by atoms with van der Waals surface area (Å²) < 4.78 is 32.5. The van der Waals surface area contributed by atoms with E-state index in [-0.39, 0.29) is 21.8 Å². The lowest BCUT2D eigenvalue weighted by Gasteiger charge is -2.12. The average Bonchev–Trinajstić information content (AvgIpc) is 2.96. The summed E-state index contributed by atoms with van der Waals surface area (Å²) in [6.45, 7) is 4.62. The molecule has 0 fully saturated rings. The summed E-state index contributed by atoms with van der Waals surface area (Å²) in [7, 11) is -3.86. The van der Waals surface area contributed by atoms with E-state index in [1.165, 1.54) is 20.1 Å². The summed E-state index contributed by atoms with van der Waals surface area (Å²) in [4.78, 5) is 13.6. The van der Waals surface area contributed by atoms with Crippen LogP contribution in [-0.2, 0) is 10.0 Å². The lowest BCUT2D eigenvalue weighted by atomic mass is 10.2. The van der Waals surface area contributed by atoms with Gasteiger partial charge in [-0.2, -0.15) is 0 Å². The van der Waals surface area contributed by atoms with Crippen molar-refractivity contribution >= 4 is 16.0 Å². The van der Waals surface area contributed by atoms with Crippen molar-refractivity contribution in [2.75, 3.05) is 0 Å². The molecule has 7 nitrogen and oxygen atoms in total. The molecule has 0 unspecified atom stereocenters. The van der Waals surface area contributed by atoms with Gasteiger partial charge in [0.15, 0.2) is 0 Å². The van der Waals surface area contributed by atoms with Gasteiger partial charge < -0.3 is 14.5 Å². The van der Waals surface area contributed by atoms with Crippen LogP contribution in [0.1, 0.15) is 40.5 Å². The Morgan fingerprint density at radius 2 is 2.10 bits per heavy atom. The maximum absolute atomic E-state index is 12.4. The number of aromatic nitrogens is 1. The minimum atomic E-state index is -3.86. The molecule has 0 saturated heterocycles. The highest BCUT2D eigenvalue weighted by atomic mass is 32.2. The Bertz CT molecular complexity index is 759. The Morgan fingerprint density at radius 3 is 2.57 bits per heavy atom. The number of carbonyl (C=O) groups is 1. The molecule has 0 radical (unpaired) electrons. The summed E-state index contributed by atoms with van der Waals surface area (Å²) in [6, 6.07) is 2.76. The molecule has 0 spiro atoms. The van der Waals surface area contributed by atoms with E-state index in [1.807, 2.05) is 0 Å². The summed E-state index contributed by atoms with van der Waals surface area (Å²) >= 11 is 0. The highest BCUT2D eigenvalue weighted by Gasteiger charge is 2.28. The van der Waals surface area contributed by atoms with Crippen LogP contribution in [0.5, 0.6) is 0 Å². The largest absolute Gasteiger partial charge is 0.477 e. The van der Waals surface area contributed by atoms with Crippen molar-refractivity contribution in [2.45, 2.75) is 31.7 Å². The minimum Gasteiger partial charge on any atom is -0.477 e. The zero-order valence-corrected chi connectivity index (χ0v) is 12.6. The number of aromatic carboxylic acids is 1. The molecule has 21 heavy (non-hydrogen) atoms. The van der Waals surface area contributed by atoms with Crippen molar-refractivity contribution in [3.8, 4) is 0 Å². The highest BCUT2D eigenvalue weighted by molar-refractivity contribution is 7.89. The van der Waals surface area contributed by atoms with Crippen molar-refractivity contribution in [3.63, 3.8) is 0 Å². The maximum atomic E-state index is 12.4. The maximum Gasteiger partial charge on any atom is 0.352 e. The van der Waals surface area contributed by atoms with E-state index < -0.39 is 22.0 Å². The highest BCUT2D eigenvalue weighted by Crippen LogP contribution is 2.25. The molecule has 0 saturated carbocycles. The monoisotopic (exact) mass is 312 g/mol. The quantitative estimate of drug-likeness (QED) is 0.781. The van der Waals surface area contributed by atoms with Gasteiger partial charge in [-0.1, -0.05) is 0 Å². The predicted molar refractivity (Wildman–Crippen MR) is 74.7 cm³/mol. The fraction of sp³-hybridized carbons (Fsp3) is 0.308. The summed E-state index contributed by atoms with van der Waals surface area (Å²) in [5.41, 5.74) is 0.335. The molecular formula is C13H16N2O5S. The number of furan rings is 1. The molecule has 114 valence electrons. The van der Waals surface area contributed by atoms with Crippen molar-refractivity contribution < 1.29 is 22.7 Å². The van der Waals surface area contributed by atoms with E-state index >= 15 is 0 Å². The fourth-order valence-electron chi connectivity index (χ4n) is 2.24. The van der Waals surface area contributed by atoms with Crippen LogP contribution < -0.4 is 4.72 Å². The zero-order valence-electron chi connectivity index (χ0n) is 11.8. The molecule has 2 aromatic heterocycles. The van der Waals surface area contributed by atoms with E-state index in [9.17, 15) is 13.2 Å². The van der Waals surface area contributed by atoms with Gasteiger partial charge in [-0.25, -0.2) is 17.9 Å². The Balaban J connectivity index is 2.39. The van der Waals surface area contributed by atoms with Gasteiger partial charge >= 0.3 is 5.97 Å². The summed E-state index contributed by atoms with van der Waals surface area (Å²) in [5, 5.41) is 9.04. The van der Waals surface area contributed by atoms with Crippen molar-refractivity contribution in [3.05, 3.63) is 41.1 Å². The Hall–Kier alpha value is -2.06. The number of aromatic amines is 1. The van der Waals surface area contributed by atoms with Gasteiger partial charge in [0, 0.05) is 11.3 Å². The Morgan fingerprint density at radius 1 is 1.43 bits per heavy atom. The van der Waals surface area contributed by atoms with E-state index in [4.69, 9.17) is 9.52 Å². The minimum absolute atomic E-state index is 0.0432. The first-order valence-corrected chi connectivity index (χ1v) is 7.70. The number of rotatable bonds is 5. The van der Waals surface area contributed by atoms with Crippen LogP contribution in [0.4, 0.5) is 0 Å². The molecule has 0 aliphatic heterocycles. The van der Waals surface area contributed by atoms with Gasteiger partial charge in [0.1, 0.15) is 16.3 Å². The number of hydrogen-bond donors (Lipinski definition) is 3. The van der Waals surface area contributed by atoms with E-state index in [0.29, 0.717) is 5.76 Å². The number of hydrogen-bond acceptors (Lipinski definition) is 4. The second-order valence-corrected chi connectivity index (χ2v) is 6.39. The number of aryl methyl sites for hydroxylation is 1. The van der Waals surface area contributed by atoms with Crippen LogP contribution in [0.15, 0.2) is 27.7 Å². The van der Waals surface area contributed by atoms with Crippen LogP contribution >= 0.6 is 0 Å². The van der Waals surface area contributed by atoms with E-state index in [2.05, 4.69) is 9.71 Å². The average molecular weight is 312 g/mol. The SMILES string of the molecule is Cc1[nH]c(C(=O)O)c(C)c1S(=O)(=O)N[C@H](C)c1ccco1. The predicted octanol–water partition coefficient (Wildman–Crippen LogP) is 1.96. The molecule has 2 aromatic rings. The molecule has 3 N–H and O–H groups in total. The molecule has 8 heteroatoms. The number of carboxylic acid groups (broad SMARTS) is 1. The van der Waals surface area contributed by atoms with Crippen LogP contribution in [-0.4, -0.2) is 24.5 Å². The number of sulfonamides is 1. The van der Waals surface area contributed by atoms with Gasteiger partial charge in [0.25, 0.3) is 0 Å². The van der Waals surface area contributed by atoms with Gasteiger partial charge in [-0.05, 0) is 32.9 Å². The Labute approximate surface area is 122 Å². The smallest absolute Gasteiger partial charge is 0.352 e. The van der Waals surface area contributed by atoms with Crippen LogP contribution in [0.2, 0.25) is 0 Å². The summed E-state index contributed by atoms with van der Waals surface area (Å²) in [5.74, 6) is -0.723. The molecule has 0 amide bonds.